The Morgan fingerprint density at radius 3 is 2.34 bits per heavy atom. The van der Waals surface area contributed by atoms with Gasteiger partial charge in [-0.05, 0) is 36.3 Å². The van der Waals surface area contributed by atoms with E-state index in [2.05, 4.69) is 15.3 Å². The topological polar surface area (TPSA) is 95.4 Å². The number of rotatable bonds is 8. The van der Waals surface area contributed by atoms with Gasteiger partial charge >= 0.3 is 5.97 Å². The summed E-state index contributed by atoms with van der Waals surface area (Å²) in [6, 6.07) is 17.1. The summed E-state index contributed by atoms with van der Waals surface area (Å²) in [6.07, 6.45) is 3.64. The van der Waals surface area contributed by atoms with Crippen LogP contribution in [0.4, 0.5) is 11.5 Å². The van der Waals surface area contributed by atoms with Crippen LogP contribution in [0.15, 0.2) is 60.7 Å². The monoisotopic (exact) mass is 430 g/mol. The van der Waals surface area contributed by atoms with E-state index in [9.17, 15) is 14.7 Å². The van der Waals surface area contributed by atoms with Gasteiger partial charge in [0, 0.05) is 43.5 Å². The quantitative estimate of drug-likeness (QED) is 0.529. The van der Waals surface area contributed by atoms with E-state index in [1.54, 1.807) is 17.9 Å². The Morgan fingerprint density at radius 1 is 1.03 bits per heavy atom. The number of nitrogens with zero attached hydrogens (tertiary/aromatic N) is 3. The molecule has 32 heavy (non-hydrogen) atoms. The van der Waals surface area contributed by atoms with Crippen molar-refractivity contribution >= 4 is 29.5 Å². The van der Waals surface area contributed by atoms with Crippen molar-refractivity contribution in [2.45, 2.75) is 19.8 Å². The first-order chi connectivity index (χ1) is 15.3. The molecule has 0 bridgehead atoms. The number of anilines is 2. The lowest BCUT2D eigenvalue weighted by Crippen LogP contribution is -2.18. The molecule has 1 amide bonds. The van der Waals surface area contributed by atoms with Crippen LogP contribution < -0.4 is 10.2 Å². The fraction of sp³-hybridized carbons (Fsp3) is 0.200. The van der Waals surface area contributed by atoms with Gasteiger partial charge in [0.25, 0.3) is 0 Å². The molecule has 1 heterocycles. The molecular weight excluding hydrogens is 404 g/mol. The number of carboxylic acids is 1. The summed E-state index contributed by atoms with van der Waals surface area (Å²) in [7, 11) is 3.67. The van der Waals surface area contributed by atoms with Crippen LogP contribution in [0.25, 0.3) is 6.08 Å². The zero-order valence-corrected chi connectivity index (χ0v) is 18.4. The first-order valence-electron chi connectivity index (χ1n) is 10.2. The van der Waals surface area contributed by atoms with Crippen LogP contribution in [-0.2, 0) is 22.4 Å². The summed E-state index contributed by atoms with van der Waals surface area (Å²) in [5.74, 6) is 0.112. The summed E-state index contributed by atoms with van der Waals surface area (Å²) in [5.41, 5.74) is 3.92. The zero-order valence-electron chi connectivity index (χ0n) is 18.4. The van der Waals surface area contributed by atoms with Crippen LogP contribution in [0.2, 0.25) is 0 Å². The van der Waals surface area contributed by atoms with Crippen molar-refractivity contribution in [3.8, 4) is 0 Å². The van der Waals surface area contributed by atoms with Gasteiger partial charge in [0.2, 0.25) is 5.91 Å². The fourth-order valence-corrected chi connectivity index (χ4v) is 3.25. The van der Waals surface area contributed by atoms with Crippen LogP contribution in [-0.4, -0.2) is 41.0 Å². The number of aromatic nitrogens is 2. The van der Waals surface area contributed by atoms with Gasteiger partial charge in [0.05, 0.1) is 6.42 Å². The van der Waals surface area contributed by atoms with Crippen molar-refractivity contribution in [2.75, 3.05) is 24.3 Å². The molecule has 0 saturated carbocycles. The van der Waals surface area contributed by atoms with Crippen LogP contribution in [0.5, 0.6) is 0 Å². The summed E-state index contributed by atoms with van der Waals surface area (Å²) < 4.78 is 0. The predicted molar refractivity (Wildman–Crippen MR) is 126 cm³/mol. The number of carboxylic acid groups (broad SMARTS) is 1. The summed E-state index contributed by atoms with van der Waals surface area (Å²) in [6.45, 7) is 1.80. The van der Waals surface area contributed by atoms with E-state index in [-0.39, 0.29) is 12.3 Å². The molecule has 164 valence electrons. The Bertz CT molecular complexity index is 1120. The maximum atomic E-state index is 12.1. The van der Waals surface area contributed by atoms with Crippen molar-refractivity contribution < 1.29 is 14.7 Å². The molecule has 7 heteroatoms. The van der Waals surface area contributed by atoms with Gasteiger partial charge in [-0.2, -0.15) is 0 Å². The molecule has 2 aromatic carbocycles. The number of benzene rings is 2. The number of nitrogens with one attached hydrogen (secondary N) is 1. The predicted octanol–water partition coefficient (Wildman–Crippen LogP) is 3.72. The van der Waals surface area contributed by atoms with Crippen molar-refractivity contribution in [1.82, 2.24) is 9.97 Å². The summed E-state index contributed by atoms with van der Waals surface area (Å²) in [4.78, 5) is 34.2. The highest BCUT2D eigenvalue weighted by molar-refractivity contribution is 6.01. The van der Waals surface area contributed by atoms with Crippen molar-refractivity contribution in [1.29, 1.82) is 0 Å². The maximum absolute atomic E-state index is 12.1. The molecule has 1 aromatic heterocycles. The number of carbonyl (C=O) groups is 2. The first-order valence-corrected chi connectivity index (χ1v) is 10.2. The molecule has 3 rings (SSSR count). The average molecular weight is 431 g/mol. The highest BCUT2D eigenvalue weighted by Gasteiger charge is 2.16. The second kappa shape index (κ2) is 10.3. The smallest absolute Gasteiger partial charge is 0.308 e. The molecular formula is C25H26N4O3. The second-order valence-corrected chi connectivity index (χ2v) is 7.60. The molecule has 7 nitrogen and oxygen atoms in total. The molecule has 0 aliphatic heterocycles. The van der Waals surface area contributed by atoms with E-state index in [0.29, 0.717) is 35.0 Å². The normalized spacial score (nSPS) is 10.8. The highest BCUT2D eigenvalue weighted by atomic mass is 16.4. The Kier molecular flexibility index (Phi) is 7.33. The van der Waals surface area contributed by atoms with Crippen LogP contribution in [0.3, 0.4) is 0 Å². The number of carbonyl (C=O) groups excluding carboxylic acids is 1. The van der Waals surface area contributed by atoms with E-state index in [1.807, 2.05) is 68.7 Å². The third kappa shape index (κ3) is 6.25. The minimum atomic E-state index is -0.913. The van der Waals surface area contributed by atoms with E-state index < -0.39 is 5.97 Å². The van der Waals surface area contributed by atoms with E-state index >= 15 is 0 Å². The number of hydrogen-bond acceptors (Lipinski definition) is 5. The molecule has 0 unspecified atom stereocenters. The molecule has 0 radical (unpaired) electrons. The Balaban J connectivity index is 1.68. The van der Waals surface area contributed by atoms with Crippen molar-refractivity contribution in [3.05, 3.63) is 88.9 Å². The third-order valence-corrected chi connectivity index (χ3v) is 4.80. The standard InChI is InChI=1S/C25H26N4O3/c1-17-21(16-24(31)32)25(29(2)3)28-22(26-17)15-19-9-12-20(13-10-19)27-23(30)14-11-18-7-5-4-6-8-18/h4-14H,15-16H2,1-3H3,(H,27,30)(H,31,32)/b14-11+. The number of aryl methyl sites for hydroxylation is 1. The van der Waals surface area contributed by atoms with E-state index in [0.717, 1.165) is 11.1 Å². The van der Waals surface area contributed by atoms with Crippen molar-refractivity contribution in [2.24, 2.45) is 0 Å². The zero-order chi connectivity index (χ0) is 23.1. The molecule has 0 atom stereocenters. The summed E-state index contributed by atoms with van der Waals surface area (Å²) in [5, 5.41) is 12.0. The van der Waals surface area contributed by atoms with Gasteiger partial charge in [-0.25, -0.2) is 9.97 Å². The lowest BCUT2D eigenvalue weighted by atomic mass is 10.1. The molecule has 0 aliphatic carbocycles. The van der Waals surface area contributed by atoms with Gasteiger partial charge in [0.15, 0.2) is 0 Å². The molecule has 0 spiro atoms. The first kappa shape index (κ1) is 22.7. The largest absolute Gasteiger partial charge is 0.481 e. The van der Waals surface area contributed by atoms with Gasteiger partial charge in [-0.15, -0.1) is 0 Å². The van der Waals surface area contributed by atoms with Gasteiger partial charge in [-0.1, -0.05) is 42.5 Å². The number of hydrogen-bond donors (Lipinski definition) is 2. The lowest BCUT2D eigenvalue weighted by molar-refractivity contribution is -0.136. The van der Waals surface area contributed by atoms with Crippen molar-refractivity contribution in [3.63, 3.8) is 0 Å². The molecule has 0 saturated heterocycles. The fourth-order valence-electron chi connectivity index (χ4n) is 3.25. The van der Waals surface area contributed by atoms with Crippen LogP contribution in [0, 0.1) is 6.92 Å². The third-order valence-electron chi connectivity index (χ3n) is 4.80. The van der Waals surface area contributed by atoms with E-state index in [1.165, 1.54) is 6.08 Å². The maximum Gasteiger partial charge on any atom is 0.308 e. The number of aliphatic carboxylic acids is 1. The Hall–Kier alpha value is -4.00. The van der Waals surface area contributed by atoms with Crippen LogP contribution >= 0.6 is 0 Å². The van der Waals surface area contributed by atoms with E-state index in [4.69, 9.17) is 0 Å². The number of amides is 1. The lowest BCUT2D eigenvalue weighted by Gasteiger charge is -2.18. The molecule has 0 aliphatic rings. The second-order valence-electron chi connectivity index (χ2n) is 7.60. The minimum Gasteiger partial charge on any atom is -0.481 e. The average Bonchev–Trinajstić information content (AvgIpc) is 2.75. The highest BCUT2D eigenvalue weighted by Crippen LogP contribution is 2.21. The molecule has 2 N–H and O–H groups in total. The molecule has 0 fully saturated rings. The Morgan fingerprint density at radius 2 is 1.72 bits per heavy atom. The molecule has 3 aromatic rings. The minimum absolute atomic E-state index is 0.118. The van der Waals surface area contributed by atoms with Gasteiger partial charge in [-0.3, -0.25) is 9.59 Å². The Labute approximate surface area is 187 Å². The van der Waals surface area contributed by atoms with Gasteiger partial charge < -0.3 is 15.3 Å². The summed E-state index contributed by atoms with van der Waals surface area (Å²) >= 11 is 0. The van der Waals surface area contributed by atoms with Crippen LogP contribution in [0.1, 0.15) is 28.2 Å². The SMILES string of the molecule is Cc1nc(Cc2ccc(NC(=O)/C=C/c3ccccc3)cc2)nc(N(C)C)c1CC(=O)O. The van der Waals surface area contributed by atoms with Gasteiger partial charge in [0.1, 0.15) is 11.6 Å².